The van der Waals surface area contributed by atoms with Gasteiger partial charge in [-0.15, -0.1) is 0 Å². The van der Waals surface area contributed by atoms with E-state index < -0.39 is 0 Å². The molecule has 27 heavy (non-hydrogen) atoms. The Bertz CT molecular complexity index is 934. The van der Waals surface area contributed by atoms with Crippen molar-refractivity contribution < 1.29 is 9.53 Å². The molecule has 4 rings (SSSR count). The Labute approximate surface area is 157 Å². The van der Waals surface area contributed by atoms with Crippen molar-refractivity contribution in [2.24, 2.45) is 17.8 Å². The Balaban J connectivity index is 1.42. The Kier molecular flexibility index (Phi) is 4.79. The number of ether oxygens (including phenoxy) is 1. The first-order chi connectivity index (χ1) is 13.1. The van der Waals surface area contributed by atoms with Gasteiger partial charge in [0.1, 0.15) is 12.3 Å². The van der Waals surface area contributed by atoms with Crippen LogP contribution in [0.3, 0.4) is 0 Å². The number of carbonyl (C=O) groups excluding carboxylic acids is 1. The fourth-order valence-electron chi connectivity index (χ4n) is 4.06. The quantitative estimate of drug-likeness (QED) is 0.797. The lowest BCUT2D eigenvalue weighted by Gasteiger charge is -2.18. The molecule has 0 saturated heterocycles. The second-order valence-electron chi connectivity index (χ2n) is 7.29. The number of allylic oxidation sites excluding steroid dienone is 2. The predicted molar refractivity (Wildman–Crippen MR) is 102 cm³/mol. The van der Waals surface area contributed by atoms with E-state index in [1.165, 1.54) is 17.2 Å². The van der Waals surface area contributed by atoms with Gasteiger partial charge in [-0.3, -0.25) is 9.59 Å². The minimum Gasteiger partial charge on any atom is -0.497 e. The lowest BCUT2D eigenvalue weighted by molar-refractivity contribution is -0.122. The second kappa shape index (κ2) is 7.39. The number of rotatable bonds is 6. The van der Waals surface area contributed by atoms with Crippen molar-refractivity contribution in [3.8, 4) is 17.0 Å². The van der Waals surface area contributed by atoms with Crippen LogP contribution in [0.1, 0.15) is 12.8 Å². The number of amides is 1. The van der Waals surface area contributed by atoms with E-state index in [1.807, 2.05) is 24.3 Å². The van der Waals surface area contributed by atoms with Crippen molar-refractivity contribution in [2.75, 3.05) is 13.7 Å². The molecule has 1 fully saturated rings. The SMILES string of the molecule is COc1cccc(-c2ccc(=O)n(CC(=O)NC[C@@H]3C[C@H]4C=C[C@H]3C4)n2)c1. The number of carbonyl (C=O) groups is 1. The maximum Gasteiger partial charge on any atom is 0.267 e. The van der Waals surface area contributed by atoms with Crippen LogP contribution in [-0.2, 0) is 11.3 Å². The molecule has 2 aliphatic carbocycles. The topological polar surface area (TPSA) is 73.2 Å². The summed E-state index contributed by atoms with van der Waals surface area (Å²) in [6.45, 7) is 0.585. The molecule has 1 heterocycles. The number of nitrogens with zero attached hydrogens (tertiary/aromatic N) is 2. The summed E-state index contributed by atoms with van der Waals surface area (Å²) >= 11 is 0. The van der Waals surface area contributed by atoms with Crippen molar-refractivity contribution >= 4 is 5.91 Å². The summed E-state index contributed by atoms with van der Waals surface area (Å²) in [6, 6.07) is 10.5. The molecule has 1 amide bonds. The van der Waals surface area contributed by atoms with Gasteiger partial charge in [-0.2, -0.15) is 5.10 Å². The summed E-state index contributed by atoms with van der Waals surface area (Å²) in [7, 11) is 1.60. The second-order valence-corrected chi connectivity index (χ2v) is 7.29. The zero-order valence-electron chi connectivity index (χ0n) is 15.3. The van der Waals surface area contributed by atoms with Gasteiger partial charge < -0.3 is 10.1 Å². The van der Waals surface area contributed by atoms with Crippen molar-refractivity contribution in [1.82, 2.24) is 15.1 Å². The van der Waals surface area contributed by atoms with E-state index in [2.05, 4.69) is 22.6 Å². The fourth-order valence-corrected chi connectivity index (χ4v) is 4.06. The normalized spacial score (nSPS) is 22.8. The molecule has 2 aromatic rings. The molecule has 6 nitrogen and oxygen atoms in total. The largest absolute Gasteiger partial charge is 0.497 e. The molecule has 1 aromatic carbocycles. The van der Waals surface area contributed by atoms with E-state index in [1.54, 1.807) is 13.2 Å². The van der Waals surface area contributed by atoms with Crippen molar-refractivity contribution in [2.45, 2.75) is 19.4 Å². The van der Waals surface area contributed by atoms with E-state index in [-0.39, 0.29) is 18.0 Å². The number of hydrogen-bond donors (Lipinski definition) is 1. The average Bonchev–Trinajstić information content (AvgIpc) is 3.31. The van der Waals surface area contributed by atoms with Crippen LogP contribution in [0, 0.1) is 17.8 Å². The monoisotopic (exact) mass is 365 g/mol. The molecule has 2 bridgehead atoms. The Morgan fingerprint density at radius 3 is 2.89 bits per heavy atom. The summed E-state index contributed by atoms with van der Waals surface area (Å²) in [5.41, 5.74) is 1.16. The molecule has 6 heteroatoms. The van der Waals surface area contributed by atoms with Gasteiger partial charge in [-0.05, 0) is 48.8 Å². The Morgan fingerprint density at radius 2 is 2.15 bits per heavy atom. The van der Waals surface area contributed by atoms with Crippen LogP contribution in [0.4, 0.5) is 0 Å². The van der Waals surface area contributed by atoms with E-state index in [4.69, 9.17) is 4.74 Å². The highest BCUT2D eigenvalue weighted by Crippen LogP contribution is 2.42. The van der Waals surface area contributed by atoms with Crippen molar-refractivity contribution in [3.05, 3.63) is 58.9 Å². The number of fused-ring (bicyclic) bond motifs is 2. The van der Waals surface area contributed by atoms with Crippen molar-refractivity contribution in [1.29, 1.82) is 0 Å². The summed E-state index contributed by atoms with van der Waals surface area (Å²) in [5, 5.41) is 7.32. The van der Waals surface area contributed by atoms with Crippen LogP contribution >= 0.6 is 0 Å². The summed E-state index contributed by atoms with van der Waals surface area (Å²) in [5.74, 6) is 2.31. The predicted octanol–water partition coefficient (Wildman–Crippen LogP) is 2.25. The van der Waals surface area contributed by atoms with Crippen LogP contribution in [-0.4, -0.2) is 29.3 Å². The minimum absolute atomic E-state index is 0.0761. The van der Waals surface area contributed by atoms with Crippen LogP contribution < -0.4 is 15.6 Å². The third-order valence-corrected chi connectivity index (χ3v) is 5.50. The molecular formula is C21H23N3O3. The maximum atomic E-state index is 12.3. The zero-order chi connectivity index (χ0) is 18.8. The third kappa shape index (κ3) is 3.79. The van der Waals surface area contributed by atoms with E-state index >= 15 is 0 Å². The first-order valence-corrected chi connectivity index (χ1v) is 9.30. The summed E-state index contributed by atoms with van der Waals surface area (Å²) in [4.78, 5) is 24.4. The number of methoxy groups -OCH3 is 1. The zero-order valence-corrected chi connectivity index (χ0v) is 15.3. The van der Waals surface area contributed by atoms with E-state index in [9.17, 15) is 9.59 Å². The fraction of sp³-hybridized carbons (Fsp3) is 0.381. The van der Waals surface area contributed by atoms with E-state index in [0.717, 1.165) is 12.0 Å². The first kappa shape index (κ1) is 17.5. The van der Waals surface area contributed by atoms with Gasteiger partial charge >= 0.3 is 0 Å². The van der Waals surface area contributed by atoms with Gasteiger partial charge in [-0.1, -0.05) is 24.3 Å². The molecule has 1 aromatic heterocycles. The number of benzene rings is 1. The van der Waals surface area contributed by atoms with Crippen molar-refractivity contribution in [3.63, 3.8) is 0 Å². The van der Waals surface area contributed by atoms with Gasteiger partial charge in [0.15, 0.2) is 0 Å². The van der Waals surface area contributed by atoms with Crippen LogP contribution in [0.5, 0.6) is 5.75 Å². The highest BCUT2D eigenvalue weighted by Gasteiger charge is 2.35. The van der Waals surface area contributed by atoms with Gasteiger partial charge in [-0.25, -0.2) is 4.68 Å². The Morgan fingerprint density at radius 1 is 1.26 bits per heavy atom. The first-order valence-electron chi connectivity index (χ1n) is 9.30. The standard InChI is InChI=1S/C21H23N3O3/c1-27-18-4-2-3-16(11-18)19-7-8-21(26)24(23-19)13-20(25)22-12-17-10-14-5-6-15(17)9-14/h2-8,11,14-15,17H,9-10,12-13H2,1H3,(H,22,25)/t14-,15-,17-/m0/s1. The lowest BCUT2D eigenvalue weighted by atomic mass is 9.94. The highest BCUT2D eigenvalue weighted by atomic mass is 16.5. The third-order valence-electron chi connectivity index (χ3n) is 5.50. The lowest BCUT2D eigenvalue weighted by Crippen LogP contribution is -2.36. The molecule has 2 aliphatic rings. The molecule has 140 valence electrons. The highest BCUT2D eigenvalue weighted by molar-refractivity contribution is 5.75. The van der Waals surface area contributed by atoms with Gasteiger partial charge in [0.2, 0.25) is 5.91 Å². The molecule has 0 unspecified atom stereocenters. The molecule has 1 saturated carbocycles. The summed E-state index contributed by atoms with van der Waals surface area (Å²) in [6.07, 6.45) is 6.92. The molecule has 0 spiro atoms. The number of aromatic nitrogens is 2. The molecule has 3 atom stereocenters. The van der Waals surface area contributed by atoms with E-state index in [0.29, 0.717) is 35.7 Å². The average molecular weight is 365 g/mol. The molecule has 1 N–H and O–H groups in total. The smallest absolute Gasteiger partial charge is 0.267 e. The Hall–Kier alpha value is -2.89. The molecule has 0 aliphatic heterocycles. The summed E-state index contributed by atoms with van der Waals surface area (Å²) < 4.78 is 6.44. The van der Waals surface area contributed by atoms with Gasteiger partial charge in [0.05, 0.1) is 12.8 Å². The van der Waals surface area contributed by atoms with Crippen LogP contribution in [0.2, 0.25) is 0 Å². The van der Waals surface area contributed by atoms with Crippen LogP contribution in [0.15, 0.2) is 53.3 Å². The van der Waals surface area contributed by atoms with Gasteiger partial charge in [0.25, 0.3) is 5.56 Å². The van der Waals surface area contributed by atoms with Crippen LogP contribution in [0.25, 0.3) is 11.3 Å². The van der Waals surface area contributed by atoms with Gasteiger partial charge in [0, 0.05) is 18.2 Å². The molecular weight excluding hydrogens is 342 g/mol. The molecule has 0 radical (unpaired) electrons. The number of nitrogens with one attached hydrogen (secondary N) is 1. The number of hydrogen-bond acceptors (Lipinski definition) is 4. The maximum absolute atomic E-state index is 12.3. The minimum atomic E-state index is -0.292.